The van der Waals surface area contributed by atoms with Crippen molar-refractivity contribution in [2.75, 3.05) is 12.0 Å². The first-order valence-electron chi connectivity index (χ1n) is 6.28. The lowest BCUT2D eigenvalue weighted by Crippen LogP contribution is -2.57. The van der Waals surface area contributed by atoms with E-state index in [1.807, 2.05) is 13.8 Å². The number of methoxy groups -OCH3 is 1. The Labute approximate surface area is 117 Å². The number of rotatable bonds is 3. The first-order chi connectivity index (χ1) is 9.45. The monoisotopic (exact) mass is 275 g/mol. The molecular weight excluding hydrogens is 258 g/mol. The third kappa shape index (κ3) is 2.39. The SMILES string of the molecule is COc1ccc(N2C(=O)C(=C(C)C)C2OC(C)=O)cc1. The highest BCUT2D eigenvalue weighted by atomic mass is 16.6. The van der Waals surface area contributed by atoms with E-state index >= 15 is 0 Å². The van der Waals surface area contributed by atoms with Crippen molar-refractivity contribution in [3.8, 4) is 5.75 Å². The largest absolute Gasteiger partial charge is 0.497 e. The molecule has 1 aliphatic heterocycles. The Balaban J connectivity index is 2.31. The molecule has 1 fully saturated rings. The maximum absolute atomic E-state index is 12.2. The van der Waals surface area contributed by atoms with E-state index in [4.69, 9.17) is 9.47 Å². The van der Waals surface area contributed by atoms with E-state index < -0.39 is 12.2 Å². The number of ether oxygens (including phenoxy) is 2. The van der Waals surface area contributed by atoms with Gasteiger partial charge in [0, 0.05) is 12.6 Å². The second-order valence-corrected chi connectivity index (χ2v) is 4.75. The molecule has 1 aromatic carbocycles. The quantitative estimate of drug-likeness (QED) is 0.482. The Morgan fingerprint density at radius 1 is 1.15 bits per heavy atom. The van der Waals surface area contributed by atoms with Gasteiger partial charge in [-0.3, -0.25) is 14.5 Å². The molecule has 1 amide bonds. The first kappa shape index (κ1) is 14.1. The Morgan fingerprint density at radius 2 is 1.75 bits per heavy atom. The molecule has 0 saturated carbocycles. The van der Waals surface area contributed by atoms with Crippen molar-refractivity contribution >= 4 is 17.6 Å². The molecular formula is C15H17NO4. The number of benzene rings is 1. The van der Waals surface area contributed by atoms with Gasteiger partial charge in [0.2, 0.25) is 6.23 Å². The van der Waals surface area contributed by atoms with Crippen molar-refractivity contribution in [2.45, 2.75) is 27.0 Å². The van der Waals surface area contributed by atoms with Gasteiger partial charge in [0.25, 0.3) is 5.91 Å². The van der Waals surface area contributed by atoms with E-state index in [9.17, 15) is 9.59 Å². The normalized spacial score (nSPS) is 17.6. The molecule has 0 N–H and O–H groups in total. The van der Waals surface area contributed by atoms with Crippen LogP contribution in [-0.2, 0) is 14.3 Å². The zero-order chi connectivity index (χ0) is 14.9. The molecule has 5 nitrogen and oxygen atoms in total. The van der Waals surface area contributed by atoms with Gasteiger partial charge in [-0.1, -0.05) is 5.57 Å². The first-order valence-corrected chi connectivity index (χ1v) is 6.28. The molecule has 0 aliphatic carbocycles. The van der Waals surface area contributed by atoms with Gasteiger partial charge in [0.15, 0.2) is 0 Å². The topological polar surface area (TPSA) is 55.8 Å². The summed E-state index contributed by atoms with van der Waals surface area (Å²) in [5.41, 5.74) is 2.06. The second-order valence-electron chi connectivity index (χ2n) is 4.75. The predicted molar refractivity (Wildman–Crippen MR) is 74.4 cm³/mol. The van der Waals surface area contributed by atoms with Crippen molar-refractivity contribution < 1.29 is 19.1 Å². The molecule has 1 heterocycles. The molecule has 0 aromatic heterocycles. The standard InChI is InChI=1S/C15H17NO4/c1-9(2)13-14(18)16(15(13)20-10(3)17)11-5-7-12(19-4)8-6-11/h5-8,15H,1-4H3. The zero-order valence-corrected chi connectivity index (χ0v) is 12.0. The average molecular weight is 275 g/mol. The van der Waals surface area contributed by atoms with E-state index in [0.717, 1.165) is 5.57 Å². The summed E-state index contributed by atoms with van der Waals surface area (Å²) in [6.45, 7) is 4.99. The molecule has 1 unspecified atom stereocenters. The van der Waals surface area contributed by atoms with Crippen molar-refractivity contribution in [2.24, 2.45) is 0 Å². The fraction of sp³-hybridized carbons (Fsp3) is 0.333. The minimum absolute atomic E-state index is 0.138. The lowest BCUT2D eigenvalue weighted by Gasteiger charge is -2.42. The molecule has 2 rings (SSSR count). The molecule has 1 saturated heterocycles. The van der Waals surface area contributed by atoms with Gasteiger partial charge < -0.3 is 9.47 Å². The third-order valence-electron chi connectivity index (χ3n) is 3.10. The highest BCUT2D eigenvalue weighted by Gasteiger charge is 2.46. The van der Waals surface area contributed by atoms with E-state index in [-0.39, 0.29) is 5.91 Å². The van der Waals surface area contributed by atoms with E-state index in [0.29, 0.717) is 17.0 Å². The van der Waals surface area contributed by atoms with E-state index in [1.165, 1.54) is 11.8 Å². The summed E-state index contributed by atoms with van der Waals surface area (Å²) in [5.74, 6) is 0.148. The van der Waals surface area contributed by atoms with Crippen molar-refractivity contribution in [1.29, 1.82) is 0 Å². The minimum atomic E-state index is -0.640. The summed E-state index contributed by atoms with van der Waals surface area (Å²) in [5, 5.41) is 0. The number of carbonyl (C=O) groups is 2. The van der Waals surface area contributed by atoms with Gasteiger partial charge in [0.1, 0.15) is 5.75 Å². The number of amides is 1. The fourth-order valence-electron chi connectivity index (χ4n) is 2.13. The summed E-state index contributed by atoms with van der Waals surface area (Å²) in [4.78, 5) is 24.9. The summed E-state index contributed by atoms with van der Waals surface area (Å²) < 4.78 is 10.3. The van der Waals surface area contributed by atoms with Crippen molar-refractivity contribution in [3.63, 3.8) is 0 Å². The van der Waals surface area contributed by atoms with Gasteiger partial charge in [-0.05, 0) is 38.1 Å². The summed E-state index contributed by atoms with van der Waals surface area (Å²) in [7, 11) is 1.58. The van der Waals surface area contributed by atoms with E-state index in [1.54, 1.807) is 31.4 Å². The van der Waals surface area contributed by atoms with Crippen LogP contribution >= 0.6 is 0 Å². The lowest BCUT2D eigenvalue weighted by atomic mass is 9.97. The Morgan fingerprint density at radius 3 is 2.20 bits per heavy atom. The molecule has 0 radical (unpaired) electrons. The fourth-order valence-corrected chi connectivity index (χ4v) is 2.13. The second kappa shape index (κ2) is 5.36. The molecule has 1 aliphatic rings. The van der Waals surface area contributed by atoms with Crippen LogP contribution in [0.3, 0.4) is 0 Å². The Bertz CT molecular complexity index is 570. The Kier molecular flexibility index (Phi) is 3.79. The van der Waals surface area contributed by atoms with Crippen LogP contribution in [-0.4, -0.2) is 25.2 Å². The number of esters is 1. The van der Waals surface area contributed by atoms with Crippen molar-refractivity contribution in [3.05, 3.63) is 35.4 Å². The van der Waals surface area contributed by atoms with Crippen LogP contribution in [0.25, 0.3) is 0 Å². The van der Waals surface area contributed by atoms with Gasteiger partial charge in [-0.15, -0.1) is 0 Å². The molecule has 1 atom stereocenters. The lowest BCUT2D eigenvalue weighted by molar-refractivity contribution is -0.148. The van der Waals surface area contributed by atoms with Crippen molar-refractivity contribution in [1.82, 2.24) is 0 Å². The predicted octanol–water partition coefficient (Wildman–Crippen LogP) is 2.27. The highest BCUT2D eigenvalue weighted by Crippen LogP contribution is 2.35. The molecule has 5 heteroatoms. The van der Waals surface area contributed by atoms with Crippen LogP contribution < -0.4 is 9.64 Å². The van der Waals surface area contributed by atoms with Gasteiger partial charge in [0.05, 0.1) is 12.7 Å². The minimum Gasteiger partial charge on any atom is -0.497 e. The average Bonchev–Trinajstić information content (AvgIpc) is 2.38. The zero-order valence-electron chi connectivity index (χ0n) is 12.0. The number of anilines is 1. The van der Waals surface area contributed by atoms with Crippen LogP contribution in [0.1, 0.15) is 20.8 Å². The maximum Gasteiger partial charge on any atom is 0.304 e. The van der Waals surface area contributed by atoms with Gasteiger partial charge in [-0.2, -0.15) is 0 Å². The summed E-state index contributed by atoms with van der Waals surface area (Å²) >= 11 is 0. The smallest absolute Gasteiger partial charge is 0.304 e. The van der Waals surface area contributed by atoms with Crippen LogP contribution in [0.5, 0.6) is 5.75 Å². The summed E-state index contributed by atoms with van der Waals surface area (Å²) in [6, 6.07) is 7.03. The number of hydrogen-bond acceptors (Lipinski definition) is 4. The molecule has 106 valence electrons. The Hall–Kier alpha value is -2.30. The van der Waals surface area contributed by atoms with Crippen LogP contribution in [0, 0.1) is 0 Å². The van der Waals surface area contributed by atoms with Gasteiger partial charge in [-0.25, -0.2) is 0 Å². The molecule has 0 bridgehead atoms. The maximum atomic E-state index is 12.2. The molecule has 0 spiro atoms. The van der Waals surface area contributed by atoms with E-state index in [2.05, 4.69) is 0 Å². The third-order valence-corrected chi connectivity index (χ3v) is 3.10. The number of allylic oxidation sites excluding steroid dienone is 1. The van der Waals surface area contributed by atoms with Crippen LogP contribution in [0.4, 0.5) is 5.69 Å². The molecule has 1 aromatic rings. The number of carbonyl (C=O) groups excluding carboxylic acids is 2. The van der Waals surface area contributed by atoms with Gasteiger partial charge >= 0.3 is 5.97 Å². The van der Waals surface area contributed by atoms with Crippen LogP contribution in [0.15, 0.2) is 35.4 Å². The molecule has 20 heavy (non-hydrogen) atoms. The number of nitrogens with zero attached hydrogens (tertiary/aromatic N) is 1. The highest BCUT2D eigenvalue weighted by molar-refractivity contribution is 6.15. The number of hydrogen-bond donors (Lipinski definition) is 0. The van der Waals surface area contributed by atoms with Crippen LogP contribution in [0.2, 0.25) is 0 Å². The summed E-state index contributed by atoms with van der Waals surface area (Å²) in [6.07, 6.45) is -0.640. The number of β-lactam (4-membered cyclic amide) rings is 1.